The molecule has 0 spiro atoms. The highest BCUT2D eigenvalue weighted by Gasteiger charge is 2.44. The Kier molecular flexibility index (Phi) is 5.43. The third-order valence-electron chi connectivity index (χ3n) is 5.94. The SMILES string of the molecule is Cn1cc([C@H]2C[C@@H]2C(=O)Nc2cc3c(Cl)c(-c4cnccc4CCO)nc(N)c3cn2)cn1. The number of fused-ring (bicyclic) bond motifs is 1. The Labute approximate surface area is 194 Å². The first-order valence-corrected chi connectivity index (χ1v) is 10.9. The van der Waals surface area contributed by atoms with Crippen molar-refractivity contribution in [2.24, 2.45) is 13.0 Å². The Bertz CT molecular complexity index is 1370. The maximum Gasteiger partial charge on any atom is 0.229 e. The molecule has 168 valence electrons. The van der Waals surface area contributed by atoms with Gasteiger partial charge in [0.05, 0.1) is 16.9 Å². The van der Waals surface area contributed by atoms with Crippen LogP contribution < -0.4 is 11.1 Å². The number of aromatic nitrogens is 5. The second-order valence-corrected chi connectivity index (χ2v) is 8.54. The smallest absolute Gasteiger partial charge is 0.229 e. The first kappa shape index (κ1) is 21.3. The van der Waals surface area contributed by atoms with E-state index in [1.165, 1.54) is 0 Å². The number of nitrogens with zero attached hydrogens (tertiary/aromatic N) is 5. The number of carbonyl (C=O) groups excluding carboxylic acids is 1. The standard InChI is InChI=1S/C23H22ClN7O2/c1-31-11-13(8-28-31)14-6-16(14)23(33)29-19-7-15-18(10-27-19)22(25)30-21(20(15)24)17-9-26-4-2-12(17)3-5-32/h2,4,7-11,14,16,32H,3,5-6H2,1H3,(H2,25,30)(H,27,29,33)/t14-,16+/m1/s1. The number of nitrogens with one attached hydrogen (secondary N) is 1. The molecule has 5 rings (SSSR count). The number of amides is 1. The Balaban J connectivity index is 1.45. The molecular formula is C23H22ClN7O2. The fraction of sp³-hybridized carbons (Fsp3) is 0.261. The predicted octanol–water partition coefficient (Wildman–Crippen LogP) is 2.94. The van der Waals surface area contributed by atoms with Crippen LogP contribution in [0.5, 0.6) is 0 Å². The van der Waals surface area contributed by atoms with Gasteiger partial charge in [0.25, 0.3) is 0 Å². The Morgan fingerprint density at radius 1 is 1.33 bits per heavy atom. The summed E-state index contributed by atoms with van der Waals surface area (Å²) in [5, 5.41) is 18.1. The van der Waals surface area contributed by atoms with Crippen LogP contribution in [0.2, 0.25) is 5.02 Å². The molecule has 1 aliphatic carbocycles. The highest BCUT2D eigenvalue weighted by Crippen LogP contribution is 2.48. The van der Waals surface area contributed by atoms with Crippen LogP contribution >= 0.6 is 11.6 Å². The number of pyridine rings is 3. The number of aliphatic hydroxyl groups excluding tert-OH is 1. The third-order valence-corrected chi connectivity index (χ3v) is 6.32. The van der Waals surface area contributed by atoms with Gasteiger partial charge in [0.2, 0.25) is 5.91 Å². The zero-order chi connectivity index (χ0) is 23.1. The number of anilines is 2. The van der Waals surface area contributed by atoms with Crippen LogP contribution in [0.25, 0.3) is 22.0 Å². The molecule has 1 aliphatic rings. The average Bonchev–Trinajstić information content (AvgIpc) is 3.50. The van der Waals surface area contributed by atoms with Crippen LogP contribution in [-0.4, -0.2) is 42.4 Å². The molecule has 0 aromatic carbocycles. The largest absolute Gasteiger partial charge is 0.396 e. The number of halogens is 1. The first-order chi connectivity index (χ1) is 16.0. The van der Waals surface area contributed by atoms with Crippen molar-refractivity contribution in [3.8, 4) is 11.3 Å². The van der Waals surface area contributed by atoms with E-state index < -0.39 is 0 Å². The Morgan fingerprint density at radius 2 is 2.18 bits per heavy atom. The highest BCUT2D eigenvalue weighted by atomic mass is 35.5. The third kappa shape index (κ3) is 4.01. The molecule has 0 unspecified atom stereocenters. The van der Waals surface area contributed by atoms with E-state index in [4.69, 9.17) is 17.3 Å². The first-order valence-electron chi connectivity index (χ1n) is 10.5. The molecule has 1 saturated carbocycles. The molecule has 2 atom stereocenters. The van der Waals surface area contributed by atoms with Crippen LogP contribution in [0.3, 0.4) is 0 Å². The minimum atomic E-state index is -0.114. The van der Waals surface area contributed by atoms with Crippen molar-refractivity contribution >= 4 is 39.9 Å². The number of aryl methyl sites for hydroxylation is 1. The molecule has 1 amide bonds. The molecule has 0 saturated heterocycles. The van der Waals surface area contributed by atoms with Gasteiger partial charge in [-0.1, -0.05) is 11.6 Å². The van der Waals surface area contributed by atoms with E-state index in [0.29, 0.717) is 39.3 Å². The second-order valence-electron chi connectivity index (χ2n) is 8.17. The molecule has 0 radical (unpaired) electrons. The molecule has 33 heavy (non-hydrogen) atoms. The van der Waals surface area contributed by atoms with Gasteiger partial charge in [0, 0.05) is 60.7 Å². The quantitative estimate of drug-likeness (QED) is 0.400. The summed E-state index contributed by atoms with van der Waals surface area (Å²) in [5.41, 5.74) is 9.30. The highest BCUT2D eigenvalue weighted by molar-refractivity contribution is 6.38. The van der Waals surface area contributed by atoms with Gasteiger partial charge >= 0.3 is 0 Å². The number of aliphatic hydroxyl groups is 1. The monoisotopic (exact) mass is 463 g/mol. The van der Waals surface area contributed by atoms with Gasteiger partial charge in [-0.25, -0.2) is 9.97 Å². The molecule has 0 aliphatic heterocycles. The predicted molar refractivity (Wildman–Crippen MR) is 126 cm³/mol. The minimum Gasteiger partial charge on any atom is -0.396 e. The number of hydrogen-bond donors (Lipinski definition) is 3. The summed E-state index contributed by atoms with van der Waals surface area (Å²) >= 11 is 6.75. The summed E-state index contributed by atoms with van der Waals surface area (Å²) in [6.07, 6.45) is 9.82. The van der Waals surface area contributed by atoms with Crippen LogP contribution in [0.4, 0.5) is 11.6 Å². The number of carbonyl (C=O) groups is 1. The molecule has 0 bridgehead atoms. The van der Waals surface area contributed by atoms with Gasteiger partial charge in [-0.3, -0.25) is 14.5 Å². The zero-order valence-corrected chi connectivity index (χ0v) is 18.6. The van der Waals surface area contributed by atoms with Crippen molar-refractivity contribution < 1.29 is 9.90 Å². The lowest BCUT2D eigenvalue weighted by molar-refractivity contribution is -0.117. The van der Waals surface area contributed by atoms with Gasteiger partial charge in [0.1, 0.15) is 11.6 Å². The van der Waals surface area contributed by atoms with Crippen molar-refractivity contribution in [3.63, 3.8) is 0 Å². The Morgan fingerprint density at radius 3 is 2.94 bits per heavy atom. The average molecular weight is 464 g/mol. The van der Waals surface area contributed by atoms with E-state index in [-0.39, 0.29) is 30.2 Å². The summed E-state index contributed by atoms with van der Waals surface area (Å²) in [7, 11) is 1.86. The topological polar surface area (TPSA) is 132 Å². The lowest BCUT2D eigenvalue weighted by Gasteiger charge is -2.13. The summed E-state index contributed by atoms with van der Waals surface area (Å²) in [6.45, 7) is -0.0149. The molecule has 9 nitrogen and oxygen atoms in total. The van der Waals surface area contributed by atoms with Crippen molar-refractivity contribution in [2.75, 3.05) is 17.7 Å². The van der Waals surface area contributed by atoms with Crippen molar-refractivity contribution in [1.82, 2.24) is 24.7 Å². The minimum absolute atomic E-state index is 0.0149. The summed E-state index contributed by atoms with van der Waals surface area (Å²) < 4.78 is 1.74. The van der Waals surface area contributed by atoms with E-state index in [2.05, 4.69) is 25.4 Å². The van der Waals surface area contributed by atoms with Gasteiger partial charge < -0.3 is 16.2 Å². The lowest BCUT2D eigenvalue weighted by Crippen LogP contribution is -2.15. The second kappa shape index (κ2) is 8.42. The van der Waals surface area contributed by atoms with Crippen LogP contribution in [0.15, 0.2) is 43.1 Å². The molecule has 4 aromatic rings. The zero-order valence-electron chi connectivity index (χ0n) is 17.9. The molecule has 1 fully saturated rings. The lowest BCUT2D eigenvalue weighted by atomic mass is 10.0. The van der Waals surface area contributed by atoms with E-state index in [1.54, 1.807) is 35.5 Å². The normalized spacial score (nSPS) is 17.3. The van der Waals surface area contributed by atoms with Gasteiger partial charge in [-0.05, 0) is 42.0 Å². The van der Waals surface area contributed by atoms with Crippen molar-refractivity contribution in [3.05, 3.63) is 59.3 Å². The van der Waals surface area contributed by atoms with Crippen LogP contribution in [0, 0.1) is 5.92 Å². The van der Waals surface area contributed by atoms with E-state index in [9.17, 15) is 9.90 Å². The van der Waals surface area contributed by atoms with Crippen LogP contribution in [0.1, 0.15) is 23.5 Å². The summed E-state index contributed by atoms with van der Waals surface area (Å²) in [5.74, 6) is 0.630. The molecule has 4 aromatic heterocycles. The maximum absolute atomic E-state index is 12.8. The fourth-order valence-electron chi connectivity index (χ4n) is 4.12. The van der Waals surface area contributed by atoms with Gasteiger partial charge in [0.15, 0.2) is 0 Å². The number of hydrogen-bond acceptors (Lipinski definition) is 7. The number of rotatable bonds is 6. The van der Waals surface area contributed by atoms with Crippen molar-refractivity contribution in [2.45, 2.75) is 18.8 Å². The number of nitrogen functional groups attached to an aromatic ring is 1. The molecule has 4 N–H and O–H groups in total. The van der Waals surface area contributed by atoms with Crippen LogP contribution in [-0.2, 0) is 18.3 Å². The Hall–Kier alpha value is -3.56. The summed E-state index contributed by atoms with van der Waals surface area (Å²) in [4.78, 5) is 25.8. The van der Waals surface area contributed by atoms with E-state index in [1.807, 2.05) is 19.3 Å². The molecular weight excluding hydrogens is 442 g/mol. The number of nitrogens with two attached hydrogens (primary N) is 1. The fourth-order valence-corrected chi connectivity index (χ4v) is 4.42. The van der Waals surface area contributed by atoms with Gasteiger partial charge in [-0.15, -0.1) is 0 Å². The molecule has 4 heterocycles. The molecule has 10 heteroatoms. The van der Waals surface area contributed by atoms with Gasteiger partial charge in [-0.2, -0.15) is 5.10 Å². The van der Waals surface area contributed by atoms with E-state index >= 15 is 0 Å². The van der Waals surface area contributed by atoms with E-state index in [0.717, 1.165) is 17.5 Å². The summed E-state index contributed by atoms with van der Waals surface area (Å²) in [6, 6.07) is 3.52. The maximum atomic E-state index is 12.8. The van der Waals surface area contributed by atoms with Crippen molar-refractivity contribution in [1.29, 1.82) is 0 Å².